The molecule has 0 aliphatic carbocycles. The Morgan fingerprint density at radius 3 is 2.25 bits per heavy atom. The first kappa shape index (κ1) is 8.93. The summed E-state index contributed by atoms with van der Waals surface area (Å²) in [6, 6.07) is 0. The fourth-order valence-electron chi connectivity index (χ4n) is 0.303. The van der Waals surface area contributed by atoms with Gasteiger partial charge < -0.3 is 4.44 Å². The van der Waals surface area contributed by atoms with E-state index in [9.17, 15) is 0 Å². The standard InChI is InChI=1S/C4H11BBrOP/c1-4-5(6)7-8(2)3/h4H2,1-3H3. The molecule has 0 aromatic heterocycles. The predicted molar refractivity (Wildman–Crippen MR) is 45.0 cm³/mol. The molecule has 0 fully saturated rings. The molecule has 0 unspecified atom stereocenters. The van der Waals surface area contributed by atoms with Gasteiger partial charge in [-0.3, -0.25) is 0 Å². The minimum absolute atomic E-state index is 0.193. The van der Waals surface area contributed by atoms with E-state index in [-0.39, 0.29) is 13.9 Å². The Morgan fingerprint density at radius 2 is 2.12 bits per heavy atom. The molecule has 0 atom stereocenters. The van der Waals surface area contributed by atoms with Crippen LogP contribution in [0.2, 0.25) is 6.32 Å². The van der Waals surface area contributed by atoms with E-state index in [1.165, 1.54) is 0 Å². The summed E-state index contributed by atoms with van der Waals surface area (Å²) in [5.74, 6) is 0. The average molecular weight is 197 g/mol. The third-order valence-electron chi connectivity index (χ3n) is 0.646. The summed E-state index contributed by atoms with van der Waals surface area (Å²) in [6.45, 7) is 6.29. The molecule has 48 valence electrons. The third kappa shape index (κ3) is 5.08. The van der Waals surface area contributed by atoms with Crippen LogP contribution in [0.25, 0.3) is 0 Å². The molecule has 0 bridgehead atoms. The Labute approximate surface area is 61.1 Å². The number of halogens is 1. The SMILES string of the molecule is CCB(Br)OP(C)C. The van der Waals surface area contributed by atoms with Crippen molar-refractivity contribution in [2.75, 3.05) is 13.3 Å². The highest BCUT2D eigenvalue weighted by Crippen LogP contribution is 2.29. The largest absolute Gasteiger partial charge is 0.403 e. The summed E-state index contributed by atoms with van der Waals surface area (Å²) < 4.78 is 5.38. The highest BCUT2D eigenvalue weighted by Gasteiger charge is 2.08. The minimum Gasteiger partial charge on any atom is -0.403 e. The minimum atomic E-state index is -0.193. The van der Waals surface area contributed by atoms with Gasteiger partial charge in [0.1, 0.15) is 0 Å². The molecule has 0 aliphatic rings. The van der Waals surface area contributed by atoms with Crippen molar-refractivity contribution in [1.29, 1.82) is 0 Å². The van der Waals surface area contributed by atoms with Crippen molar-refractivity contribution in [3.8, 4) is 0 Å². The molecule has 0 saturated carbocycles. The van der Waals surface area contributed by atoms with Crippen LogP contribution < -0.4 is 0 Å². The lowest BCUT2D eigenvalue weighted by atomic mass is 9.98. The summed E-state index contributed by atoms with van der Waals surface area (Å²) in [6.07, 6.45) is 1.04. The summed E-state index contributed by atoms with van der Waals surface area (Å²) in [4.78, 5) is 0. The van der Waals surface area contributed by atoms with E-state index in [1.807, 2.05) is 0 Å². The number of hydrogen-bond donors (Lipinski definition) is 0. The molecule has 4 heteroatoms. The molecule has 0 aromatic rings. The van der Waals surface area contributed by atoms with Crippen LogP contribution >= 0.6 is 23.9 Å². The van der Waals surface area contributed by atoms with E-state index in [2.05, 4.69) is 36.0 Å². The third-order valence-corrected chi connectivity index (χ3v) is 2.45. The van der Waals surface area contributed by atoms with Gasteiger partial charge in [0.2, 0.25) is 0 Å². The van der Waals surface area contributed by atoms with Gasteiger partial charge >= 0.3 is 5.74 Å². The van der Waals surface area contributed by atoms with Gasteiger partial charge in [-0.1, -0.05) is 6.92 Å². The van der Waals surface area contributed by atoms with Crippen molar-refractivity contribution in [2.24, 2.45) is 0 Å². The lowest BCUT2D eigenvalue weighted by molar-refractivity contribution is 0.664. The quantitative estimate of drug-likeness (QED) is 0.498. The fraction of sp³-hybridized carbons (Fsp3) is 1.00. The second kappa shape index (κ2) is 4.78. The van der Waals surface area contributed by atoms with E-state index >= 15 is 0 Å². The van der Waals surface area contributed by atoms with Crippen molar-refractivity contribution in [3.63, 3.8) is 0 Å². The summed E-state index contributed by atoms with van der Waals surface area (Å²) in [7, 11) is -0.193. The van der Waals surface area contributed by atoms with E-state index in [1.54, 1.807) is 0 Å². The molecule has 8 heavy (non-hydrogen) atoms. The Kier molecular flexibility index (Phi) is 5.34. The van der Waals surface area contributed by atoms with E-state index in [4.69, 9.17) is 4.44 Å². The topological polar surface area (TPSA) is 9.23 Å². The first-order chi connectivity index (χ1) is 3.66. The van der Waals surface area contributed by atoms with Crippen molar-refractivity contribution < 1.29 is 4.44 Å². The highest BCUT2D eigenvalue weighted by atomic mass is 79.9. The van der Waals surface area contributed by atoms with Crippen LogP contribution in [0.5, 0.6) is 0 Å². The van der Waals surface area contributed by atoms with Crippen LogP contribution in [0, 0.1) is 0 Å². The summed E-state index contributed by atoms with van der Waals surface area (Å²) in [5, 5.41) is 0. The molecule has 0 saturated heterocycles. The van der Waals surface area contributed by atoms with Gasteiger partial charge in [0, 0.05) is 8.15 Å². The fourth-order valence-corrected chi connectivity index (χ4v) is 1.91. The van der Waals surface area contributed by atoms with Gasteiger partial charge in [0.15, 0.2) is 0 Å². The second-order valence-electron chi connectivity index (χ2n) is 1.74. The zero-order valence-electron chi connectivity index (χ0n) is 5.52. The first-order valence-corrected chi connectivity index (χ1v) is 5.72. The normalized spacial score (nSPS) is 10.1. The summed E-state index contributed by atoms with van der Waals surface area (Å²) in [5.41, 5.74) is 0.267. The molecule has 0 spiro atoms. The maximum absolute atomic E-state index is 5.38. The van der Waals surface area contributed by atoms with Gasteiger partial charge in [0.25, 0.3) is 0 Å². The molecule has 1 nitrogen and oxygen atoms in total. The second-order valence-corrected chi connectivity index (χ2v) is 4.59. The Balaban J connectivity index is 3.10. The molecule has 0 aliphatic heterocycles. The molecule has 0 aromatic carbocycles. The Hall–Kier alpha value is 0.935. The van der Waals surface area contributed by atoms with Crippen LogP contribution in [0.3, 0.4) is 0 Å². The average Bonchev–Trinajstić information content (AvgIpc) is 1.65. The monoisotopic (exact) mass is 196 g/mol. The van der Waals surface area contributed by atoms with Crippen LogP contribution in [-0.2, 0) is 4.44 Å². The number of rotatable bonds is 3. The molecular weight excluding hydrogens is 186 g/mol. The van der Waals surface area contributed by atoms with Crippen LogP contribution in [0.4, 0.5) is 0 Å². The smallest absolute Gasteiger partial charge is 0.373 e. The number of hydrogen-bond acceptors (Lipinski definition) is 1. The maximum Gasteiger partial charge on any atom is 0.373 e. The molecular formula is C4H11BBrOP. The Morgan fingerprint density at radius 1 is 1.62 bits per heavy atom. The maximum atomic E-state index is 5.38. The van der Waals surface area contributed by atoms with Gasteiger partial charge in [-0.05, 0) is 19.6 Å². The van der Waals surface area contributed by atoms with Crippen molar-refractivity contribution in [3.05, 3.63) is 0 Å². The van der Waals surface area contributed by atoms with Gasteiger partial charge in [-0.25, -0.2) is 0 Å². The van der Waals surface area contributed by atoms with Gasteiger partial charge in [-0.15, -0.1) is 15.8 Å². The van der Waals surface area contributed by atoms with E-state index in [0.717, 1.165) is 6.32 Å². The molecule has 0 heterocycles. The molecule has 0 N–H and O–H groups in total. The first-order valence-electron chi connectivity index (χ1n) is 2.65. The van der Waals surface area contributed by atoms with Crippen LogP contribution in [0.1, 0.15) is 6.92 Å². The molecule has 0 radical (unpaired) electrons. The highest BCUT2D eigenvalue weighted by molar-refractivity contribution is 9.24. The van der Waals surface area contributed by atoms with Crippen LogP contribution in [-0.4, -0.2) is 19.1 Å². The molecule has 0 amide bonds. The summed E-state index contributed by atoms with van der Waals surface area (Å²) >= 11 is 3.37. The van der Waals surface area contributed by atoms with Gasteiger partial charge in [0.05, 0.1) is 0 Å². The van der Waals surface area contributed by atoms with Crippen molar-refractivity contribution in [2.45, 2.75) is 13.2 Å². The predicted octanol–water partition coefficient (Wildman–Crippen LogP) is 2.56. The van der Waals surface area contributed by atoms with Crippen molar-refractivity contribution in [1.82, 2.24) is 0 Å². The van der Waals surface area contributed by atoms with Crippen LogP contribution in [0.15, 0.2) is 0 Å². The zero-order valence-corrected chi connectivity index (χ0v) is 8.00. The van der Waals surface area contributed by atoms with Gasteiger partial charge in [-0.2, -0.15) is 0 Å². The van der Waals surface area contributed by atoms with E-state index < -0.39 is 0 Å². The lowest BCUT2D eigenvalue weighted by Crippen LogP contribution is -2.02. The lowest BCUT2D eigenvalue weighted by Gasteiger charge is -2.08. The Bertz CT molecular complexity index is 62.0. The zero-order chi connectivity index (χ0) is 6.57. The molecule has 0 rings (SSSR count). The van der Waals surface area contributed by atoms with Crippen molar-refractivity contribution >= 4 is 29.6 Å². The van der Waals surface area contributed by atoms with E-state index in [0.29, 0.717) is 0 Å².